The third kappa shape index (κ3) is 2.96. The first-order valence-corrected chi connectivity index (χ1v) is 6.38. The maximum absolute atomic E-state index is 10.4. The lowest BCUT2D eigenvalue weighted by Crippen LogP contribution is -2.51. The number of hydrogen-bond acceptors (Lipinski definition) is 2. The van der Waals surface area contributed by atoms with Crippen molar-refractivity contribution in [2.45, 2.75) is 43.9 Å². The highest BCUT2D eigenvalue weighted by molar-refractivity contribution is 5.15. The monoisotopic (exact) mass is 231 g/mol. The van der Waals surface area contributed by atoms with Crippen LogP contribution in [0, 0.1) is 0 Å². The summed E-state index contributed by atoms with van der Waals surface area (Å²) in [7, 11) is 0. The average molecular weight is 231 g/mol. The van der Waals surface area contributed by atoms with Crippen molar-refractivity contribution in [1.29, 1.82) is 0 Å². The van der Waals surface area contributed by atoms with Gasteiger partial charge in [0.05, 0.1) is 5.60 Å². The molecule has 17 heavy (non-hydrogen) atoms. The number of benzene rings is 1. The van der Waals surface area contributed by atoms with E-state index in [1.165, 1.54) is 12.0 Å². The van der Waals surface area contributed by atoms with E-state index in [1.807, 2.05) is 18.2 Å². The molecule has 0 heterocycles. The van der Waals surface area contributed by atoms with Crippen LogP contribution in [0.2, 0.25) is 0 Å². The largest absolute Gasteiger partial charge is 0.384 e. The van der Waals surface area contributed by atoms with Gasteiger partial charge in [-0.2, -0.15) is 0 Å². The van der Waals surface area contributed by atoms with Gasteiger partial charge < -0.3 is 10.4 Å². The Kier molecular flexibility index (Phi) is 3.97. The summed E-state index contributed by atoms with van der Waals surface area (Å²) >= 11 is 0. The first kappa shape index (κ1) is 12.3. The molecule has 2 atom stereocenters. The molecule has 1 aliphatic rings. The van der Waals surface area contributed by atoms with Gasteiger partial charge in [-0.15, -0.1) is 6.58 Å². The zero-order valence-corrected chi connectivity index (χ0v) is 10.2. The zero-order valence-electron chi connectivity index (χ0n) is 10.2. The average Bonchev–Trinajstić information content (AvgIpc) is 2.39. The van der Waals surface area contributed by atoms with Crippen LogP contribution in [0.5, 0.6) is 0 Å². The molecule has 1 saturated carbocycles. The molecule has 0 saturated heterocycles. The van der Waals surface area contributed by atoms with E-state index in [9.17, 15) is 5.11 Å². The third-order valence-corrected chi connectivity index (χ3v) is 3.67. The Labute approximate surface area is 103 Å². The number of rotatable bonds is 4. The van der Waals surface area contributed by atoms with Crippen LogP contribution >= 0.6 is 0 Å². The summed E-state index contributed by atoms with van der Waals surface area (Å²) < 4.78 is 0. The molecule has 0 spiro atoms. The molecule has 2 rings (SSSR count). The van der Waals surface area contributed by atoms with Crippen molar-refractivity contribution in [3.05, 3.63) is 48.6 Å². The lowest BCUT2D eigenvalue weighted by Gasteiger charge is -2.38. The Balaban J connectivity index is 1.95. The van der Waals surface area contributed by atoms with Crippen molar-refractivity contribution in [3.63, 3.8) is 0 Å². The molecular formula is C15H21NO. The molecule has 2 heteroatoms. The van der Waals surface area contributed by atoms with Gasteiger partial charge in [0, 0.05) is 12.6 Å². The first-order chi connectivity index (χ1) is 8.24. The highest BCUT2D eigenvalue weighted by atomic mass is 16.3. The summed E-state index contributed by atoms with van der Waals surface area (Å²) in [6, 6.07) is 10.4. The number of hydrogen-bond donors (Lipinski definition) is 2. The van der Waals surface area contributed by atoms with Crippen LogP contribution in [0.1, 0.15) is 31.2 Å². The smallest absolute Gasteiger partial charge is 0.0977 e. The summed E-state index contributed by atoms with van der Waals surface area (Å²) in [4.78, 5) is 0. The molecule has 0 aromatic heterocycles. The SMILES string of the molecule is C=C[C@]1(O)CCCC[C@@H]1NCc1ccccc1. The number of aliphatic hydroxyl groups is 1. The molecule has 2 nitrogen and oxygen atoms in total. The van der Waals surface area contributed by atoms with Gasteiger partial charge in [0.1, 0.15) is 0 Å². The predicted molar refractivity (Wildman–Crippen MR) is 70.7 cm³/mol. The van der Waals surface area contributed by atoms with Crippen LogP contribution in [0.25, 0.3) is 0 Å². The molecule has 1 aromatic rings. The minimum absolute atomic E-state index is 0.133. The summed E-state index contributed by atoms with van der Waals surface area (Å²) in [6.45, 7) is 4.58. The molecule has 1 aromatic carbocycles. The van der Waals surface area contributed by atoms with Crippen LogP contribution in [0.3, 0.4) is 0 Å². The second kappa shape index (κ2) is 5.48. The zero-order chi connectivity index (χ0) is 12.1. The van der Waals surface area contributed by atoms with Crippen LogP contribution < -0.4 is 5.32 Å². The maximum atomic E-state index is 10.4. The second-order valence-electron chi connectivity index (χ2n) is 4.86. The molecule has 0 radical (unpaired) electrons. The van der Waals surface area contributed by atoms with Crippen LogP contribution in [0.4, 0.5) is 0 Å². The minimum Gasteiger partial charge on any atom is -0.384 e. The van der Waals surface area contributed by atoms with Gasteiger partial charge in [0.15, 0.2) is 0 Å². The van der Waals surface area contributed by atoms with E-state index >= 15 is 0 Å². The van der Waals surface area contributed by atoms with Gasteiger partial charge in [-0.1, -0.05) is 49.2 Å². The first-order valence-electron chi connectivity index (χ1n) is 6.38. The fraction of sp³-hybridized carbons (Fsp3) is 0.467. The molecule has 0 aliphatic heterocycles. The summed E-state index contributed by atoms with van der Waals surface area (Å²) in [6.07, 6.45) is 5.82. The molecule has 2 N–H and O–H groups in total. The lowest BCUT2D eigenvalue weighted by atomic mass is 9.80. The van der Waals surface area contributed by atoms with Gasteiger partial charge in [-0.25, -0.2) is 0 Å². The molecule has 92 valence electrons. The van der Waals surface area contributed by atoms with Crippen LogP contribution in [-0.4, -0.2) is 16.7 Å². The molecular weight excluding hydrogens is 210 g/mol. The van der Waals surface area contributed by atoms with Gasteiger partial charge in [-0.05, 0) is 18.4 Å². The Morgan fingerprint density at radius 1 is 1.35 bits per heavy atom. The van der Waals surface area contributed by atoms with Gasteiger partial charge >= 0.3 is 0 Å². The third-order valence-electron chi connectivity index (χ3n) is 3.67. The minimum atomic E-state index is -0.729. The highest BCUT2D eigenvalue weighted by Gasteiger charge is 2.35. The van der Waals surface area contributed by atoms with E-state index in [1.54, 1.807) is 6.08 Å². The van der Waals surface area contributed by atoms with Crippen LogP contribution in [-0.2, 0) is 6.54 Å². The molecule has 0 amide bonds. The number of nitrogens with one attached hydrogen (secondary N) is 1. The molecule has 0 unspecified atom stereocenters. The van der Waals surface area contributed by atoms with Crippen molar-refractivity contribution in [2.75, 3.05) is 0 Å². The highest BCUT2D eigenvalue weighted by Crippen LogP contribution is 2.29. The summed E-state index contributed by atoms with van der Waals surface area (Å²) in [5.41, 5.74) is 0.525. The van der Waals surface area contributed by atoms with E-state index in [2.05, 4.69) is 24.0 Å². The molecule has 0 bridgehead atoms. The van der Waals surface area contributed by atoms with E-state index in [-0.39, 0.29) is 6.04 Å². The summed E-state index contributed by atoms with van der Waals surface area (Å²) in [5.74, 6) is 0. The standard InChI is InChI=1S/C15H21NO/c1-2-15(17)11-7-6-10-14(15)16-12-13-8-4-3-5-9-13/h2-5,8-9,14,16-17H,1,6-7,10-12H2/t14-,15-/m0/s1. The van der Waals surface area contributed by atoms with Gasteiger partial charge in [0.2, 0.25) is 0 Å². The second-order valence-corrected chi connectivity index (χ2v) is 4.86. The van der Waals surface area contributed by atoms with E-state index < -0.39 is 5.60 Å². The van der Waals surface area contributed by atoms with Crippen molar-refractivity contribution in [3.8, 4) is 0 Å². The van der Waals surface area contributed by atoms with E-state index in [0.717, 1.165) is 25.8 Å². The Morgan fingerprint density at radius 2 is 2.12 bits per heavy atom. The Hall–Kier alpha value is -1.12. The van der Waals surface area contributed by atoms with Crippen molar-refractivity contribution < 1.29 is 5.11 Å². The van der Waals surface area contributed by atoms with Crippen LogP contribution in [0.15, 0.2) is 43.0 Å². The normalized spacial score (nSPS) is 28.9. The van der Waals surface area contributed by atoms with Gasteiger partial charge in [0.25, 0.3) is 0 Å². The predicted octanol–water partition coefficient (Wildman–Crippen LogP) is 2.64. The topological polar surface area (TPSA) is 32.3 Å². The van der Waals surface area contributed by atoms with Crippen molar-refractivity contribution in [2.24, 2.45) is 0 Å². The fourth-order valence-electron chi connectivity index (χ4n) is 2.54. The lowest BCUT2D eigenvalue weighted by molar-refractivity contribution is 0.0167. The van der Waals surface area contributed by atoms with E-state index in [4.69, 9.17) is 0 Å². The van der Waals surface area contributed by atoms with Gasteiger partial charge in [-0.3, -0.25) is 0 Å². The van der Waals surface area contributed by atoms with E-state index in [0.29, 0.717) is 0 Å². The maximum Gasteiger partial charge on any atom is 0.0977 e. The molecule has 1 aliphatic carbocycles. The van der Waals surface area contributed by atoms with Crippen molar-refractivity contribution in [1.82, 2.24) is 5.32 Å². The van der Waals surface area contributed by atoms with Crippen molar-refractivity contribution >= 4 is 0 Å². The fourth-order valence-corrected chi connectivity index (χ4v) is 2.54. The Bertz CT molecular complexity index is 362. The summed E-state index contributed by atoms with van der Waals surface area (Å²) in [5, 5.41) is 13.9. The molecule has 1 fully saturated rings. The Morgan fingerprint density at radius 3 is 2.82 bits per heavy atom. The quantitative estimate of drug-likeness (QED) is 0.781.